The molecule has 1 aliphatic heterocycles. The van der Waals surface area contributed by atoms with E-state index in [1.54, 1.807) is 37.6 Å². The molecule has 0 spiro atoms. The third-order valence-electron chi connectivity index (χ3n) is 4.45. The molecule has 0 saturated heterocycles. The van der Waals surface area contributed by atoms with Crippen LogP contribution in [0.15, 0.2) is 52.0 Å². The molecule has 0 fully saturated rings. The third kappa shape index (κ3) is 3.30. The Kier molecular flexibility index (Phi) is 4.70. The summed E-state index contributed by atoms with van der Waals surface area (Å²) in [4.78, 5) is 0.111. The molecule has 1 aromatic heterocycles. The molecular formula is C19H18N2O6S. The highest BCUT2D eigenvalue weighted by Crippen LogP contribution is 2.38. The first-order valence-corrected chi connectivity index (χ1v) is 9.91. The van der Waals surface area contributed by atoms with Gasteiger partial charge in [-0.1, -0.05) is 11.2 Å². The Morgan fingerprint density at radius 1 is 1.11 bits per heavy atom. The Bertz CT molecular complexity index is 1120. The maximum Gasteiger partial charge on any atom is 0.240 e. The molecule has 1 aliphatic rings. The molecule has 4 rings (SSSR count). The van der Waals surface area contributed by atoms with Gasteiger partial charge in [0.15, 0.2) is 17.3 Å². The molecule has 0 bridgehead atoms. The SMILES string of the molecule is COc1ccc(CNS(=O)(=O)c2ccc3c(c2)-c2oncc2CO3)cc1OC. The first-order chi connectivity index (χ1) is 13.5. The van der Waals surface area contributed by atoms with Crippen molar-refractivity contribution in [1.82, 2.24) is 9.88 Å². The number of nitrogens with zero attached hydrogens (tertiary/aromatic N) is 1. The molecule has 146 valence electrons. The van der Waals surface area contributed by atoms with Gasteiger partial charge in [0.2, 0.25) is 10.0 Å². The zero-order valence-corrected chi connectivity index (χ0v) is 16.1. The zero-order chi connectivity index (χ0) is 19.7. The van der Waals surface area contributed by atoms with Crippen molar-refractivity contribution < 1.29 is 27.2 Å². The van der Waals surface area contributed by atoms with Crippen LogP contribution in [0.1, 0.15) is 11.1 Å². The quantitative estimate of drug-likeness (QED) is 0.677. The van der Waals surface area contributed by atoms with Crippen molar-refractivity contribution in [3.63, 3.8) is 0 Å². The van der Waals surface area contributed by atoms with Crippen LogP contribution in [-0.2, 0) is 23.2 Å². The van der Waals surface area contributed by atoms with Crippen LogP contribution in [0.2, 0.25) is 0 Å². The number of fused-ring (bicyclic) bond motifs is 3. The minimum absolute atomic E-state index is 0.101. The first kappa shape index (κ1) is 18.3. The Morgan fingerprint density at radius 3 is 2.71 bits per heavy atom. The molecule has 0 saturated carbocycles. The molecule has 0 unspecified atom stereocenters. The summed E-state index contributed by atoms with van der Waals surface area (Å²) < 4.78 is 49.4. The van der Waals surface area contributed by atoms with Gasteiger partial charge in [0, 0.05) is 6.54 Å². The van der Waals surface area contributed by atoms with Crippen LogP contribution in [0, 0.1) is 0 Å². The number of aromatic nitrogens is 1. The maximum atomic E-state index is 12.8. The summed E-state index contributed by atoms with van der Waals surface area (Å²) in [5.74, 6) is 2.19. The Labute approximate surface area is 162 Å². The Balaban J connectivity index is 1.58. The van der Waals surface area contributed by atoms with E-state index in [-0.39, 0.29) is 11.4 Å². The Morgan fingerprint density at radius 2 is 1.93 bits per heavy atom. The molecule has 1 N–H and O–H groups in total. The van der Waals surface area contributed by atoms with Crippen LogP contribution in [0.25, 0.3) is 11.3 Å². The van der Waals surface area contributed by atoms with Gasteiger partial charge in [-0.15, -0.1) is 0 Å². The molecular weight excluding hydrogens is 384 g/mol. The molecule has 2 heterocycles. The van der Waals surface area contributed by atoms with Gasteiger partial charge in [-0.3, -0.25) is 0 Å². The van der Waals surface area contributed by atoms with Gasteiger partial charge < -0.3 is 18.7 Å². The van der Waals surface area contributed by atoms with E-state index in [4.69, 9.17) is 18.7 Å². The second-order valence-corrected chi connectivity index (χ2v) is 7.91. The van der Waals surface area contributed by atoms with Gasteiger partial charge in [-0.2, -0.15) is 0 Å². The van der Waals surface area contributed by atoms with E-state index < -0.39 is 10.0 Å². The van der Waals surface area contributed by atoms with Crippen molar-refractivity contribution in [1.29, 1.82) is 0 Å². The van der Waals surface area contributed by atoms with E-state index >= 15 is 0 Å². The van der Waals surface area contributed by atoms with Gasteiger partial charge in [-0.05, 0) is 35.9 Å². The number of rotatable bonds is 6. The van der Waals surface area contributed by atoms with Crippen molar-refractivity contribution in [2.24, 2.45) is 0 Å². The molecule has 8 nitrogen and oxygen atoms in total. The fourth-order valence-corrected chi connectivity index (χ4v) is 4.02. The van der Waals surface area contributed by atoms with Gasteiger partial charge >= 0.3 is 0 Å². The van der Waals surface area contributed by atoms with E-state index in [0.29, 0.717) is 35.2 Å². The van der Waals surface area contributed by atoms with Crippen LogP contribution < -0.4 is 18.9 Å². The van der Waals surface area contributed by atoms with E-state index in [1.165, 1.54) is 19.2 Å². The predicted molar refractivity (Wildman–Crippen MR) is 99.8 cm³/mol. The highest BCUT2D eigenvalue weighted by atomic mass is 32.2. The summed E-state index contributed by atoms with van der Waals surface area (Å²) in [5, 5.41) is 3.76. The van der Waals surface area contributed by atoms with Gasteiger partial charge in [0.1, 0.15) is 12.4 Å². The molecule has 9 heteroatoms. The molecule has 2 aromatic carbocycles. The minimum atomic E-state index is -3.75. The lowest BCUT2D eigenvalue weighted by atomic mass is 10.1. The van der Waals surface area contributed by atoms with E-state index in [9.17, 15) is 8.42 Å². The normalized spacial score (nSPS) is 12.6. The molecule has 0 radical (unpaired) electrons. The second kappa shape index (κ2) is 7.17. The molecule has 0 aliphatic carbocycles. The number of sulfonamides is 1. The van der Waals surface area contributed by atoms with Crippen molar-refractivity contribution in [3.05, 3.63) is 53.7 Å². The molecule has 0 atom stereocenters. The largest absolute Gasteiger partial charge is 0.493 e. The van der Waals surface area contributed by atoms with Crippen molar-refractivity contribution in [3.8, 4) is 28.6 Å². The van der Waals surface area contributed by atoms with Gasteiger partial charge in [0.05, 0.1) is 36.4 Å². The van der Waals surface area contributed by atoms with Crippen LogP contribution >= 0.6 is 0 Å². The average Bonchev–Trinajstić information content (AvgIpc) is 3.21. The molecule has 0 amide bonds. The van der Waals surface area contributed by atoms with Crippen molar-refractivity contribution in [2.75, 3.05) is 14.2 Å². The monoisotopic (exact) mass is 402 g/mol. The topological polar surface area (TPSA) is 99.9 Å². The van der Waals surface area contributed by atoms with E-state index in [2.05, 4.69) is 9.88 Å². The smallest absolute Gasteiger partial charge is 0.240 e. The zero-order valence-electron chi connectivity index (χ0n) is 15.3. The average molecular weight is 402 g/mol. The number of ether oxygens (including phenoxy) is 3. The van der Waals surface area contributed by atoms with Crippen LogP contribution in [-0.4, -0.2) is 27.8 Å². The van der Waals surface area contributed by atoms with Crippen LogP contribution in [0.3, 0.4) is 0 Å². The van der Waals surface area contributed by atoms with E-state index in [1.807, 2.05) is 0 Å². The lowest BCUT2D eigenvalue weighted by Gasteiger charge is -2.17. The summed E-state index contributed by atoms with van der Waals surface area (Å²) in [6.07, 6.45) is 1.56. The first-order valence-electron chi connectivity index (χ1n) is 8.43. The number of benzene rings is 2. The maximum absolute atomic E-state index is 12.8. The fraction of sp³-hybridized carbons (Fsp3) is 0.211. The van der Waals surface area contributed by atoms with Crippen LogP contribution in [0.4, 0.5) is 0 Å². The van der Waals surface area contributed by atoms with Gasteiger partial charge in [-0.25, -0.2) is 13.1 Å². The second-order valence-electron chi connectivity index (χ2n) is 6.14. The minimum Gasteiger partial charge on any atom is -0.493 e. The molecule has 3 aromatic rings. The third-order valence-corrected chi connectivity index (χ3v) is 5.85. The van der Waals surface area contributed by atoms with Gasteiger partial charge in [0.25, 0.3) is 0 Å². The summed E-state index contributed by atoms with van der Waals surface area (Å²) in [7, 11) is -0.684. The lowest BCUT2D eigenvalue weighted by molar-refractivity contribution is 0.297. The highest BCUT2D eigenvalue weighted by molar-refractivity contribution is 7.89. The summed E-state index contributed by atoms with van der Waals surface area (Å²) in [6, 6.07) is 9.86. The number of nitrogens with one attached hydrogen (secondary N) is 1. The fourth-order valence-electron chi connectivity index (χ4n) is 2.97. The standard InChI is InChI=1S/C19H18N2O6S/c1-24-17-5-3-12(7-18(17)25-2)9-21-28(22,23)14-4-6-16-15(8-14)19-13(11-26-16)10-20-27-19/h3-8,10,21H,9,11H2,1-2H3. The van der Waals surface area contributed by atoms with E-state index in [0.717, 1.165) is 11.1 Å². The number of methoxy groups -OCH3 is 2. The lowest BCUT2D eigenvalue weighted by Crippen LogP contribution is -2.23. The predicted octanol–water partition coefficient (Wildman–Crippen LogP) is 2.73. The van der Waals surface area contributed by atoms with Crippen molar-refractivity contribution >= 4 is 10.0 Å². The number of hydrogen-bond acceptors (Lipinski definition) is 7. The number of hydrogen-bond donors (Lipinski definition) is 1. The molecule has 28 heavy (non-hydrogen) atoms. The Hall–Kier alpha value is -3.04. The van der Waals surface area contributed by atoms with Crippen LogP contribution in [0.5, 0.6) is 17.2 Å². The summed E-state index contributed by atoms with van der Waals surface area (Å²) in [6.45, 7) is 0.444. The summed E-state index contributed by atoms with van der Waals surface area (Å²) >= 11 is 0. The van der Waals surface area contributed by atoms with Crippen molar-refractivity contribution in [2.45, 2.75) is 18.0 Å². The summed E-state index contributed by atoms with van der Waals surface area (Å²) in [5.41, 5.74) is 2.08. The highest BCUT2D eigenvalue weighted by Gasteiger charge is 2.24.